The van der Waals surface area contributed by atoms with Gasteiger partial charge in [-0.15, -0.1) is 0 Å². The predicted octanol–water partition coefficient (Wildman–Crippen LogP) is 0.307. The van der Waals surface area contributed by atoms with Crippen molar-refractivity contribution in [1.29, 1.82) is 0 Å². The molecule has 0 spiro atoms. The van der Waals surface area contributed by atoms with E-state index in [9.17, 15) is 4.79 Å². The van der Waals surface area contributed by atoms with Gasteiger partial charge in [-0.1, -0.05) is 0 Å². The largest absolute Gasteiger partial charge is 0.356 e. The topological polar surface area (TPSA) is 59.0 Å². The number of hydrogen-bond acceptors (Lipinski definition) is 3. The summed E-state index contributed by atoms with van der Waals surface area (Å²) in [6.07, 6.45) is 5.90. The molecule has 1 amide bonds. The molecule has 0 atom stereocenters. The van der Waals surface area contributed by atoms with Crippen LogP contribution in [0.3, 0.4) is 0 Å². The van der Waals surface area contributed by atoms with E-state index in [4.69, 9.17) is 0 Å². The molecule has 1 aliphatic rings. The number of nitrogens with zero attached hydrogens (tertiary/aromatic N) is 2. The van der Waals surface area contributed by atoms with Gasteiger partial charge in [0.25, 0.3) is 0 Å². The number of aryl methyl sites for hydroxylation is 2. The molecule has 1 aromatic heterocycles. The standard InChI is InChI=1S/C12H20N4O/c1-10-14-5-7-16(10)6-3-2-4-15-12(17)11-8-13-9-11/h5,7,11,13H,2-4,6,8-9H2,1H3,(H,15,17). The Balaban J connectivity index is 1.54. The maximum Gasteiger partial charge on any atom is 0.225 e. The number of nitrogens with one attached hydrogen (secondary N) is 2. The average molecular weight is 236 g/mol. The normalized spacial score (nSPS) is 15.6. The number of carbonyl (C=O) groups is 1. The summed E-state index contributed by atoms with van der Waals surface area (Å²) in [6, 6.07) is 0. The van der Waals surface area contributed by atoms with E-state index in [2.05, 4.69) is 20.2 Å². The molecule has 0 saturated carbocycles. The molecular formula is C12H20N4O. The molecule has 0 bridgehead atoms. The number of unbranched alkanes of at least 4 members (excludes halogenated alkanes) is 1. The zero-order chi connectivity index (χ0) is 12.1. The third-order valence-electron chi connectivity index (χ3n) is 3.20. The molecule has 2 rings (SSSR count). The Hall–Kier alpha value is -1.36. The molecular weight excluding hydrogens is 216 g/mol. The van der Waals surface area contributed by atoms with E-state index in [1.807, 2.05) is 19.3 Å². The summed E-state index contributed by atoms with van der Waals surface area (Å²) in [7, 11) is 0. The first-order valence-electron chi connectivity index (χ1n) is 6.23. The van der Waals surface area contributed by atoms with Gasteiger partial charge in [0.1, 0.15) is 5.82 Å². The molecule has 5 nitrogen and oxygen atoms in total. The Bertz CT molecular complexity index is 370. The van der Waals surface area contributed by atoms with E-state index in [1.165, 1.54) is 0 Å². The summed E-state index contributed by atoms with van der Waals surface area (Å²) in [5.74, 6) is 1.45. The first-order valence-corrected chi connectivity index (χ1v) is 6.23. The van der Waals surface area contributed by atoms with Crippen LogP contribution in [0.25, 0.3) is 0 Å². The van der Waals surface area contributed by atoms with Crippen molar-refractivity contribution in [3.63, 3.8) is 0 Å². The number of amides is 1. The number of imidazole rings is 1. The van der Waals surface area contributed by atoms with Crippen LogP contribution >= 0.6 is 0 Å². The molecule has 1 aliphatic heterocycles. The fourth-order valence-corrected chi connectivity index (χ4v) is 1.88. The summed E-state index contributed by atoms with van der Waals surface area (Å²) in [6.45, 7) is 5.43. The molecule has 0 radical (unpaired) electrons. The second-order valence-electron chi connectivity index (χ2n) is 4.52. The minimum atomic E-state index is 0.197. The fraction of sp³-hybridized carbons (Fsp3) is 0.667. The smallest absolute Gasteiger partial charge is 0.225 e. The van der Waals surface area contributed by atoms with E-state index in [1.54, 1.807) is 0 Å². The van der Waals surface area contributed by atoms with E-state index in [0.717, 1.165) is 44.8 Å². The van der Waals surface area contributed by atoms with Gasteiger partial charge in [0, 0.05) is 38.6 Å². The van der Waals surface area contributed by atoms with Gasteiger partial charge in [-0.3, -0.25) is 4.79 Å². The van der Waals surface area contributed by atoms with Crippen LogP contribution in [0, 0.1) is 12.8 Å². The van der Waals surface area contributed by atoms with E-state index >= 15 is 0 Å². The Labute approximate surface area is 102 Å². The zero-order valence-electron chi connectivity index (χ0n) is 10.3. The molecule has 0 aliphatic carbocycles. The second kappa shape index (κ2) is 5.82. The van der Waals surface area contributed by atoms with Gasteiger partial charge in [-0.2, -0.15) is 0 Å². The van der Waals surface area contributed by atoms with Crippen LogP contribution in [0.15, 0.2) is 12.4 Å². The highest BCUT2D eigenvalue weighted by Gasteiger charge is 2.23. The highest BCUT2D eigenvalue weighted by Crippen LogP contribution is 2.03. The van der Waals surface area contributed by atoms with Crippen LogP contribution < -0.4 is 10.6 Å². The van der Waals surface area contributed by atoms with Crippen LogP contribution in [-0.2, 0) is 11.3 Å². The minimum Gasteiger partial charge on any atom is -0.356 e. The van der Waals surface area contributed by atoms with Gasteiger partial charge >= 0.3 is 0 Å². The Morgan fingerprint density at radius 1 is 1.59 bits per heavy atom. The van der Waals surface area contributed by atoms with Gasteiger partial charge in [-0.05, 0) is 19.8 Å². The first-order chi connectivity index (χ1) is 8.27. The average Bonchev–Trinajstić information content (AvgIpc) is 2.61. The maximum atomic E-state index is 11.5. The number of rotatable bonds is 6. The lowest BCUT2D eigenvalue weighted by Crippen LogP contribution is -2.50. The minimum absolute atomic E-state index is 0.197. The van der Waals surface area contributed by atoms with Gasteiger partial charge in [0.2, 0.25) is 5.91 Å². The van der Waals surface area contributed by atoms with E-state index in [-0.39, 0.29) is 11.8 Å². The number of carbonyl (C=O) groups excluding carboxylic acids is 1. The van der Waals surface area contributed by atoms with Crippen molar-refractivity contribution in [2.75, 3.05) is 19.6 Å². The summed E-state index contributed by atoms with van der Waals surface area (Å²) < 4.78 is 2.14. The van der Waals surface area contributed by atoms with Crippen LogP contribution in [0.4, 0.5) is 0 Å². The summed E-state index contributed by atoms with van der Waals surface area (Å²) >= 11 is 0. The molecule has 2 N–H and O–H groups in total. The Morgan fingerprint density at radius 2 is 2.41 bits per heavy atom. The molecule has 5 heteroatoms. The highest BCUT2D eigenvalue weighted by atomic mass is 16.2. The van der Waals surface area contributed by atoms with Crippen molar-refractivity contribution in [3.8, 4) is 0 Å². The highest BCUT2D eigenvalue weighted by molar-refractivity contribution is 5.79. The van der Waals surface area contributed by atoms with Crippen LogP contribution in [-0.4, -0.2) is 35.1 Å². The molecule has 94 valence electrons. The third kappa shape index (κ3) is 3.30. The predicted molar refractivity (Wildman–Crippen MR) is 65.6 cm³/mol. The Morgan fingerprint density at radius 3 is 3.00 bits per heavy atom. The molecule has 2 heterocycles. The lowest BCUT2D eigenvalue weighted by molar-refractivity contribution is -0.126. The zero-order valence-corrected chi connectivity index (χ0v) is 10.3. The van der Waals surface area contributed by atoms with E-state index in [0.29, 0.717) is 0 Å². The molecule has 1 aromatic rings. The molecule has 0 unspecified atom stereocenters. The molecule has 1 saturated heterocycles. The Kier molecular flexibility index (Phi) is 4.14. The van der Waals surface area contributed by atoms with E-state index < -0.39 is 0 Å². The van der Waals surface area contributed by atoms with Gasteiger partial charge in [0.05, 0.1) is 5.92 Å². The van der Waals surface area contributed by atoms with Crippen LogP contribution in [0.1, 0.15) is 18.7 Å². The van der Waals surface area contributed by atoms with Crippen molar-refractivity contribution in [1.82, 2.24) is 20.2 Å². The molecule has 17 heavy (non-hydrogen) atoms. The van der Waals surface area contributed by atoms with Crippen molar-refractivity contribution < 1.29 is 4.79 Å². The monoisotopic (exact) mass is 236 g/mol. The van der Waals surface area contributed by atoms with Crippen molar-refractivity contribution in [2.45, 2.75) is 26.3 Å². The number of aromatic nitrogens is 2. The van der Waals surface area contributed by atoms with Crippen molar-refractivity contribution in [2.24, 2.45) is 5.92 Å². The van der Waals surface area contributed by atoms with Gasteiger partial charge in [0.15, 0.2) is 0 Å². The third-order valence-corrected chi connectivity index (χ3v) is 3.20. The first kappa shape index (κ1) is 12.1. The number of hydrogen-bond donors (Lipinski definition) is 2. The van der Waals surface area contributed by atoms with Crippen LogP contribution in [0.2, 0.25) is 0 Å². The second-order valence-corrected chi connectivity index (χ2v) is 4.52. The maximum absolute atomic E-state index is 11.5. The van der Waals surface area contributed by atoms with Crippen molar-refractivity contribution >= 4 is 5.91 Å². The van der Waals surface area contributed by atoms with Gasteiger partial charge in [-0.25, -0.2) is 4.98 Å². The SMILES string of the molecule is Cc1nccn1CCCCNC(=O)C1CNC1. The van der Waals surface area contributed by atoms with Crippen molar-refractivity contribution in [3.05, 3.63) is 18.2 Å². The summed E-state index contributed by atoms with van der Waals surface area (Å²) in [5.41, 5.74) is 0. The quantitative estimate of drug-likeness (QED) is 0.699. The fourth-order valence-electron chi connectivity index (χ4n) is 1.88. The van der Waals surface area contributed by atoms with Crippen LogP contribution in [0.5, 0.6) is 0 Å². The summed E-state index contributed by atoms with van der Waals surface area (Å²) in [5, 5.41) is 6.07. The van der Waals surface area contributed by atoms with Gasteiger partial charge < -0.3 is 15.2 Å². The summed E-state index contributed by atoms with van der Waals surface area (Å²) in [4.78, 5) is 15.7. The lowest BCUT2D eigenvalue weighted by Gasteiger charge is -2.25. The lowest BCUT2D eigenvalue weighted by atomic mass is 10.0. The molecule has 1 fully saturated rings. The molecule has 0 aromatic carbocycles.